The molecule has 8 heteroatoms. The first kappa shape index (κ1) is 21.7. The summed E-state index contributed by atoms with van der Waals surface area (Å²) in [5.41, 5.74) is 0.816. The van der Waals surface area contributed by atoms with E-state index in [1.165, 1.54) is 11.3 Å². The minimum Gasteiger partial charge on any atom is -0.352 e. The van der Waals surface area contributed by atoms with Crippen molar-refractivity contribution < 1.29 is 18.0 Å². The van der Waals surface area contributed by atoms with Gasteiger partial charge in [-0.25, -0.2) is 8.42 Å². The summed E-state index contributed by atoms with van der Waals surface area (Å²) >= 11 is 1.44. The predicted octanol–water partition coefficient (Wildman–Crippen LogP) is 3.51. The third-order valence-corrected chi connectivity index (χ3v) is 7.91. The van der Waals surface area contributed by atoms with Crippen LogP contribution < -0.4 is 5.32 Å². The van der Waals surface area contributed by atoms with Crippen molar-refractivity contribution in [2.24, 2.45) is 0 Å². The number of rotatable bonds is 8. The third-order valence-electron chi connectivity index (χ3n) is 4.96. The van der Waals surface area contributed by atoms with E-state index in [2.05, 4.69) is 5.32 Å². The van der Waals surface area contributed by atoms with Gasteiger partial charge in [0.15, 0.2) is 5.78 Å². The summed E-state index contributed by atoms with van der Waals surface area (Å²) in [7, 11) is -3.44. The second kappa shape index (κ2) is 9.65. The fourth-order valence-corrected chi connectivity index (χ4v) is 5.61. The molecule has 3 rings (SSSR count). The van der Waals surface area contributed by atoms with Crippen molar-refractivity contribution in [3.05, 3.63) is 51.7 Å². The first-order valence-electron chi connectivity index (χ1n) is 9.82. The Hall–Kier alpha value is -2.03. The van der Waals surface area contributed by atoms with E-state index in [9.17, 15) is 18.0 Å². The molecule has 0 bridgehead atoms. The molecule has 156 valence electrons. The maximum absolute atomic E-state index is 12.7. The van der Waals surface area contributed by atoms with E-state index in [1.807, 2.05) is 13.0 Å². The molecule has 1 aliphatic heterocycles. The van der Waals surface area contributed by atoms with Gasteiger partial charge in [-0.05, 0) is 49.6 Å². The number of hydrogen-bond donors (Lipinski definition) is 1. The second-order valence-corrected chi connectivity index (χ2v) is 10.4. The zero-order valence-electron chi connectivity index (χ0n) is 16.5. The van der Waals surface area contributed by atoms with Crippen LogP contribution in [-0.4, -0.2) is 37.5 Å². The molecule has 1 fully saturated rings. The summed E-state index contributed by atoms with van der Waals surface area (Å²) in [6.45, 7) is 3.39. The third kappa shape index (κ3) is 5.74. The maximum Gasteiger partial charge on any atom is 0.243 e. The van der Waals surface area contributed by atoms with Crippen molar-refractivity contribution in [3.63, 3.8) is 0 Å². The largest absolute Gasteiger partial charge is 0.352 e. The number of piperidine rings is 1. The van der Waals surface area contributed by atoms with Crippen LogP contribution in [0.5, 0.6) is 0 Å². The number of thiophene rings is 1. The van der Waals surface area contributed by atoms with Crippen molar-refractivity contribution in [3.8, 4) is 0 Å². The highest BCUT2D eigenvalue weighted by Crippen LogP contribution is 2.21. The molecule has 1 aromatic carbocycles. The molecular formula is C21H26N2O4S2. The van der Waals surface area contributed by atoms with E-state index in [0.717, 1.165) is 29.7 Å². The van der Waals surface area contributed by atoms with Crippen LogP contribution in [-0.2, 0) is 21.4 Å². The van der Waals surface area contributed by atoms with E-state index in [1.54, 1.807) is 34.6 Å². The minimum absolute atomic E-state index is 0.0227. The Morgan fingerprint density at radius 2 is 1.69 bits per heavy atom. The summed E-state index contributed by atoms with van der Waals surface area (Å²) in [5, 5.41) is 2.78. The summed E-state index contributed by atoms with van der Waals surface area (Å²) in [6, 6.07) is 10.3. The van der Waals surface area contributed by atoms with Gasteiger partial charge in [0, 0.05) is 37.4 Å². The van der Waals surface area contributed by atoms with Gasteiger partial charge >= 0.3 is 0 Å². The van der Waals surface area contributed by atoms with Crippen molar-refractivity contribution in [1.82, 2.24) is 9.62 Å². The molecule has 1 aliphatic rings. The summed E-state index contributed by atoms with van der Waals surface area (Å²) < 4.78 is 26.9. The molecule has 0 saturated carbocycles. The van der Waals surface area contributed by atoms with Gasteiger partial charge in [-0.3, -0.25) is 9.59 Å². The van der Waals surface area contributed by atoms with Crippen molar-refractivity contribution in [1.29, 1.82) is 0 Å². The number of amides is 1. The van der Waals surface area contributed by atoms with Crippen LogP contribution in [0.25, 0.3) is 0 Å². The van der Waals surface area contributed by atoms with Crippen LogP contribution >= 0.6 is 11.3 Å². The van der Waals surface area contributed by atoms with Gasteiger partial charge in [0.2, 0.25) is 15.9 Å². The van der Waals surface area contributed by atoms with E-state index in [0.29, 0.717) is 24.5 Å². The van der Waals surface area contributed by atoms with Gasteiger partial charge in [0.1, 0.15) is 0 Å². The molecule has 0 aliphatic carbocycles. The van der Waals surface area contributed by atoms with Gasteiger partial charge in [-0.2, -0.15) is 4.31 Å². The summed E-state index contributed by atoms with van der Waals surface area (Å²) in [6.07, 6.45) is 3.19. The number of Topliss-reactive ketones (excluding diaryl/α,β-unsaturated/α-hetero) is 1. The van der Waals surface area contributed by atoms with E-state index >= 15 is 0 Å². The summed E-state index contributed by atoms with van der Waals surface area (Å²) in [5.74, 6) is -0.220. The van der Waals surface area contributed by atoms with Crippen LogP contribution in [0.1, 0.15) is 52.2 Å². The van der Waals surface area contributed by atoms with Crippen molar-refractivity contribution in [2.75, 3.05) is 13.1 Å². The molecule has 1 saturated heterocycles. The summed E-state index contributed by atoms with van der Waals surface area (Å²) in [4.78, 5) is 26.1. The van der Waals surface area contributed by atoms with Crippen LogP contribution in [0.2, 0.25) is 0 Å². The molecule has 1 aromatic heterocycles. The van der Waals surface area contributed by atoms with Crippen molar-refractivity contribution in [2.45, 2.75) is 50.5 Å². The quantitative estimate of drug-likeness (QED) is 0.645. The fraction of sp³-hybridized carbons (Fsp3) is 0.429. The standard InChI is InChI=1S/C21H26N2O4S2/c1-16-5-11-20(28-16)19(24)10-12-21(25)22-15-17-6-8-18(9-7-17)29(26,27)23-13-3-2-4-14-23/h5-9,11H,2-4,10,12-15H2,1H3,(H,22,25). The maximum atomic E-state index is 12.7. The second-order valence-electron chi connectivity index (χ2n) is 7.22. The van der Waals surface area contributed by atoms with Crippen LogP contribution in [0.3, 0.4) is 0 Å². The van der Waals surface area contributed by atoms with Gasteiger partial charge in [0.25, 0.3) is 0 Å². The van der Waals surface area contributed by atoms with E-state index < -0.39 is 10.0 Å². The molecule has 2 heterocycles. The molecule has 0 unspecified atom stereocenters. The normalized spacial score (nSPS) is 15.2. The average molecular weight is 435 g/mol. The molecule has 1 amide bonds. The lowest BCUT2D eigenvalue weighted by Gasteiger charge is -2.25. The molecule has 0 radical (unpaired) electrons. The molecule has 29 heavy (non-hydrogen) atoms. The molecule has 0 spiro atoms. The number of carbonyl (C=O) groups is 2. The average Bonchev–Trinajstić information content (AvgIpc) is 3.18. The number of ketones is 1. The Labute approximate surface area is 176 Å². The van der Waals surface area contributed by atoms with Gasteiger partial charge in [-0.15, -0.1) is 11.3 Å². The smallest absolute Gasteiger partial charge is 0.243 e. The highest BCUT2D eigenvalue weighted by atomic mass is 32.2. The van der Waals surface area contributed by atoms with E-state index in [-0.39, 0.29) is 29.4 Å². The first-order valence-corrected chi connectivity index (χ1v) is 12.1. The highest BCUT2D eigenvalue weighted by molar-refractivity contribution is 7.89. The lowest BCUT2D eigenvalue weighted by molar-refractivity contribution is -0.121. The lowest BCUT2D eigenvalue weighted by Crippen LogP contribution is -2.35. The number of nitrogens with zero attached hydrogens (tertiary/aromatic N) is 1. The number of carbonyl (C=O) groups excluding carboxylic acids is 2. The zero-order valence-corrected chi connectivity index (χ0v) is 18.2. The van der Waals surface area contributed by atoms with Crippen LogP contribution in [0, 0.1) is 6.92 Å². The predicted molar refractivity (Wildman–Crippen MR) is 114 cm³/mol. The Balaban J connectivity index is 1.48. The van der Waals surface area contributed by atoms with E-state index in [4.69, 9.17) is 0 Å². The molecule has 0 atom stereocenters. The highest BCUT2D eigenvalue weighted by Gasteiger charge is 2.25. The van der Waals surface area contributed by atoms with Gasteiger partial charge < -0.3 is 5.32 Å². The lowest BCUT2D eigenvalue weighted by atomic mass is 10.2. The van der Waals surface area contributed by atoms with Crippen LogP contribution in [0.4, 0.5) is 0 Å². The topological polar surface area (TPSA) is 83.5 Å². The Kier molecular flexibility index (Phi) is 7.21. The zero-order chi connectivity index (χ0) is 20.9. The minimum atomic E-state index is -3.44. The fourth-order valence-electron chi connectivity index (χ4n) is 3.26. The Morgan fingerprint density at radius 3 is 2.31 bits per heavy atom. The number of aryl methyl sites for hydroxylation is 1. The number of benzene rings is 1. The van der Waals surface area contributed by atoms with Gasteiger partial charge in [-0.1, -0.05) is 18.6 Å². The molecular weight excluding hydrogens is 408 g/mol. The molecule has 1 N–H and O–H groups in total. The Morgan fingerprint density at radius 1 is 1.00 bits per heavy atom. The number of sulfonamides is 1. The number of hydrogen-bond acceptors (Lipinski definition) is 5. The monoisotopic (exact) mass is 434 g/mol. The molecule has 6 nitrogen and oxygen atoms in total. The van der Waals surface area contributed by atoms with Crippen molar-refractivity contribution >= 4 is 33.1 Å². The first-order chi connectivity index (χ1) is 13.9. The van der Waals surface area contributed by atoms with Crippen LogP contribution in [0.15, 0.2) is 41.3 Å². The van der Waals surface area contributed by atoms with Gasteiger partial charge in [0.05, 0.1) is 9.77 Å². The number of nitrogens with one attached hydrogen (secondary N) is 1. The molecule has 2 aromatic rings. The Bertz CT molecular complexity index is 959. The SMILES string of the molecule is Cc1ccc(C(=O)CCC(=O)NCc2ccc(S(=O)(=O)N3CCCCC3)cc2)s1.